The van der Waals surface area contributed by atoms with Gasteiger partial charge in [0.2, 0.25) is 0 Å². The number of carbonyl (C=O) groups is 2. The van der Waals surface area contributed by atoms with E-state index in [2.05, 4.69) is 10.2 Å². The Kier molecular flexibility index (Phi) is 6.60. The van der Waals surface area contributed by atoms with Crippen molar-refractivity contribution in [3.8, 4) is 0 Å². The molecule has 0 unspecified atom stereocenters. The number of methoxy groups -OCH3 is 1. The summed E-state index contributed by atoms with van der Waals surface area (Å²) in [6.07, 6.45) is 0. The maximum Gasteiger partial charge on any atom is 0.253 e. The number of amides is 2. The van der Waals surface area contributed by atoms with Gasteiger partial charge >= 0.3 is 0 Å². The molecule has 0 bridgehead atoms. The first-order valence-corrected chi connectivity index (χ1v) is 9.25. The summed E-state index contributed by atoms with van der Waals surface area (Å²) in [4.78, 5) is 28.9. The molecule has 0 radical (unpaired) electrons. The second-order valence-electron chi connectivity index (χ2n) is 6.59. The zero-order valence-corrected chi connectivity index (χ0v) is 15.9. The second kappa shape index (κ2) is 9.32. The number of nitrogens with zero attached hydrogens (tertiary/aromatic N) is 2. The van der Waals surface area contributed by atoms with Crippen LogP contribution < -0.4 is 10.2 Å². The van der Waals surface area contributed by atoms with Crippen LogP contribution >= 0.6 is 0 Å². The van der Waals surface area contributed by atoms with E-state index < -0.39 is 0 Å². The third-order valence-electron chi connectivity index (χ3n) is 4.72. The van der Waals surface area contributed by atoms with E-state index in [0.29, 0.717) is 50.5 Å². The zero-order valence-electron chi connectivity index (χ0n) is 15.9. The van der Waals surface area contributed by atoms with Gasteiger partial charge in [0.1, 0.15) is 5.82 Å². The molecule has 1 aliphatic heterocycles. The highest BCUT2D eigenvalue weighted by atomic mass is 19.1. The number of anilines is 1. The van der Waals surface area contributed by atoms with Gasteiger partial charge in [-0.25, -0.2) is 4.39 Å². The van der Waals surface area contributed by atoms with Gasteiger partial charge in [-0.3, -0.25) is 9.59 Å². The summed E-state index contributed by atoms with van der Waals surface area (Å²) in [6.45, 7) is 3.34. The van der Waals surface area contributed by atoms with Gasteiger partial charge in [0.25, 0.3) is 11.8 Å². The predicted molar refractivity (Wildman–Crippen MR) is 105 cm³/mol. The molecule has 0 saturated carbocycles. The van der Waals surface area contributed by atoms with E-state index in [1.807, 2.05) is 0 Å². The molecule has 1 N–H and O–H groups in total. The van der Waals surface area contributed by atoms with Crippen molar-refractivity contribution in [3.05, 3.63) is 65.5 Å². The number of carbonyl (C=O) groups excluding carboxylic acids is 2. The number of nitrogens with one attached hydrogen (secondary N) is 1. The summed E-state index contributed by atoms with van der Waals surface area (Å²) >= 11 is 0. The lowest BCUT2D eigenvalue weighted by molar-refractivity contribution is 0.0747. The van der Waals surface area contributed by atoms with Crippen molar-refractivity contribution >= 4 is 17.5 Å². The van der Waals surface area contributed by atoms with Crippen LogP contribution in [0.25, 0.3) is 0 Å². The molecule has 0 aromatic heterocycles. The van der Waals surface area contributed by atoms with Crippen LogP contribution in [-0.4, -0.2) is 63.2 Å². The summed E-state index contributed by atoms with van der Waals surface area (Å²) in [7, 11) is 1.57. The quantitative estimate of drug-likeness (QED) is 0.775. The van der Waals surface area contributed by atoms with Crippen molar-refractivity contribution in [2.75, 3.05) is 51.3 Å². The summed E-state index contributed by atoms with van der Waals surface area (Å²) in [5.74, 6) is -0.582. The molecule has 28 heavy (non-hydrogen) atoms. The fourth-order valence-electron chi connectivity index (χ4n) is 3.16. The van der Waals surface area contributed by atoms with Gasteiger partial charge in [0.15, 0.2) is 0 Å². The van der Waals surface area contributed by atoms with Crippen molar-refractivity contribution in [2.45, 2.75) is 0 Å². The fraction of sp³-hybridized carbons (Fsp3) is 0.333. The van der Waals surface area contributed by atoms with Crippen LogP contribution in [0, 0.1) is 5.82 Å². The molecule has 1 saturated heterocycles. The molecule has 6 nitrogen and oxygen atoms in total. The van der Waals surface area contributed by atoms with Gasteiger partial charge in [0, 0.05) is 56.6 Å². The van der Waals surface area contributed by atoms with E-state index in [0.717, 1.165) is 5.69 Å². The minimum Gasteiger partial charge on any atom is -0.383 e. The molecule has 7 heteroatoms. The van der Waals surface area contributed by atoms with Gasteiger partial charge in [-0.1, -0.05) is 6.07 Å². The Morgan fingerprint density at radius 1 is 1.04 bits per heavy atom. The lowest BCUT2D eigenvalue weighted by atomic mass is 10.1. The Labute approximate surface area is 163 Å². The van der Waals surface area contributed by atoms with Gasteiger partial charge in [-0.05, 0) is 42.5 Å². The van der Waals surface area contributed by atoms with Crippen LogP contribution in [0.3, 0.4) is 0 Å². The summed E-state index contributed by atoms with van der Waals surface area (Å²) in [5, 5.41) is 2.75. The third-order valence-corrected chi connectivity index (χ3v) is 4.72. The molecule has 1 heterocycles. The molecule has 1 aliphatic rings. The minimum atomic E-state index is -0.260. The minimum absolute atomic E-state index is 0.0923. The Morgan fingerprint density at radius 3 is 2.39 bits per heavy atom. The predicted octanol–water partition coefficient (Wildman–Crippen LogP) is 2.16. The lowest BCUT2D eigenvalue weighted by Crippen LogP contribution is -2.48. The van der Waals surface area contributed by atoms with Crippen molar-refractivity contribution in [2.24, 2.45) is 0 Å². The monoisotopic (exact) mass is 385 g/mol. The van der Waals surface area contributed by atoms with Crippen LogP contribution in [0.4, 0.5) is 10.1 Å². The van der Waals surface area contributed by atoms with E-state index in [1.165, 1.54) is 12.1 Å². The average molecular weight is 385 g/mol. The van der Waals surface area contributed by atoms with Crippen molar-refractivity contribution in [3.63, 3.8) is 0 Å². The molecule has 1 fully saturated rings. The standard InChI is InChI=1S/C21H24FN3O3/c1-28-14-9-23-20(26)16-3-2-4-17(15-16)21(27)25-12-10-24(11-13-25)19-7-5-18(22)6-8-19/h2-8,15H,9-14H2,1H3,(H,23,26). The Balaban J connectivity index is 1.59. The van der Waals surface area contributed by atoms with Crippen LogP contribution in [0.1, 0.15) is 20.7 Å². The number of piperazine rings is 1. The maximum atomic E-state index is 13.1. The van der Waals surface area contributed by atoms with E-state index in [1.54, 1.807) is 48.4 Å². The number of hydrogen-bond acceptors (Lipinski definition) is 4. The van der Waals surface area contributed by atoms with Gasteiger partial charge < -0.3 is 19.9 Å². The Bertz CT molecular complexity index is 818. The molecular formula is C21H24FN3O3. The molecule has 2 amide bonds. The smallest absolute Gasteiger partial charge is 0.253 e. The Hall–Kier alpha value is -2.93. The Morgan fingerprint density at radius 2 is 1.71 bits per heavy atom. The third kappa shape index (κ3) is 4.86. The average Bonchev–Trinajstić information content (AvgIpc) is 2.74. The van der Waals surface area contributed by atoms with E-state index in [4.69, 9.17) is 4.74 Å². The van der Waals surface area contributed by atoms with E-state index in [-0.39, 0.29) is 17.6 Å². The lowest BCUT2D eigenvalue weighted by Gasteiger charge is -2.36. The maximum absolute atomic E-state index is 13.1. The number of ether oxygens (including phenoxy) is 1. The highest BCUT2D eigenvalue weighted by Gasteiger charge is 2.23. The highest BCUT2D eigenvalue weighted by molar-refractivity contribution is 5.99. The van der Waals surface area contributed by atoms with Crippen molar-refractivity contribution < 1.29 is 18.7 Å². The molecule has 2 aromatic rings. The van der Waals surface area contributed by atoms with Crippen LogP contribution in [0.15, 0.2) is 48.5 Å². The van der Waals surface area contributed by atoms with Crippen molar-refractivity contribution in [1.82, 2.24) is 10.2 Å². The molecule has 0 spiro atoms. The number of benzene rings is 2. The van der Waals surface area contributed by atoms with Crippen LogP contribution in [0.5, 0.6) is 0 Å². The number of rotatable bonds is 6. The topological polar surface area (TPSA) is 61.9 Å². The van der Waals surface area contributed by atoms with E-state index in [9.17, 15) is 14.0 Å². The van der Waals surface area contributed by atoms with Gasteiger partial charge in [0.05, 0.1) is 6.61 Å². The normalized spacial score (nSPS) is 14.1. The molecule has 148 valence electrons. The number of hydrogen-bond donors (Lipinski definition) is 1. The SMILES string of the molecule is COCCNC(=O)c1cccc(C(=O)N2CCN(c3ccc(F)cc3)CC2)c1. The summed E-state index contributed by atoms with van der Waals surface area (Å²) in [6, 6.07) is 13.1. The molecule has 0 aliphatic carbocycles. The highest BCUT2D eigenvalue weighted by Crippen LogP contribution is 2.18. The molecule has 0 atom stereocenters. The first-order chi connectivity index (χ1) is 13.6. The first-order valence-electron chi connectivity index (χ1n) is 9.25. The van der Waals surface area contributed by atoms with Crippen LogP contribution in [-0.2, 0) is 4.74 Å². The van der Waals surface area contributed by atoms with Gasteiger partial charge in [-0.2, -0.15) is 0 Å². The van der Waals surface area contributed by atoms with Crippen LogP contribution in [0.2, 0.25) is 0 Å². The molecular weight excluding hydrogens is 361 g/mol. The first kappa shape index (κ1) is 19.8. The largest absolute Gasteiger partial charge is 0.383 e. The second-order valence-corrected chi connectivity index (χ2v) is 6.59. The van der Waals surface area contributed by atoms with E-state index >= 15 is 0 Å². The zero-order chi connectivity index (χ0) is 19.9. The van der Waals surface area contributed by atoms with Crippen molar-refractivity contribution in [1.29, 1.82) is 0 Å². The fourth-order valence-corrected chi connectivity index (χ4v) is 3.16. The molecule has 3 rings (SSSR count). The summed E-state index contributed by atoms with van der Waals surface area (Å²) < 4.78 is 18.0. The molecule has 2 aromatic carbocycles. The summed E-state index contributed by atoms with van der Waals surface area (Å²) in [5.41, 5.74) is 1.89. The van der Waals surface area contributed by atoms with Gasteiger partial charge in [-0.15, -0.1) is 0 Å². The number of halogens is 1.